The van der Waals surface area contributed by atoms with E-state index in [1.165, 1.54) is 0 Å². The lowest BCUT2D eigenvalue weighted by Crippen LogP contribution is -2.04. The molecule has 0 radical (unpaired) electrons. The molecule has 3 nitrogen and oxygen atoms in total. The second kappa shape index (κ2) is 3.98. The quantitative estimate of drug-likeness (QED) is 0.785. The van der Waals surface area contributed by atoms with Gasteiger partial charge in [-0.15, -0.1) is 12.4 Å². The van der Waals surface area contributed by atoms with Gasteiger partial charge >= 0.3 is 0 Å². The SMILES string of the molecule is CC(N)c1ccc2c(cnn2C)c1.Cl. The summed E-state index contributed by atoms with van der Waals surface area (Å²) in [6, 6.07) is 6.28. The van der Waals surface area contributed by atoms with Crippen LogP contribution in [0.5, 0.6) is 0 Å². The van der Waals surface area contributed by atoms with E-state index in [1.807, 2.05) is 24.9 Å². The van der Waals surface area contributed by atoms with E-state index in [0.717, 1.165) is 16.5 Å². The van der Waals surface area contributed by atoms with Crippen molar-refractivity contribution in [2.24, 2.45) is 12.8 Å². The van der Waals surface area contributed by atoms with E-state index in [2.05, 4.69) is 23.3 Å². The van der Waals surface area contributed by atoms with E-state index < -0.39 is 0 Å². The fourth-order valence-electron chi connectivity index (χ4n) is 1.47. The molecule has 0 fully saturated rings. The Hall–Kier alpha value is -1.06. The number of aromatic nitrogens is 2. The zero-order chi connectivity index (χ0) is 9.42. The van der Waals surface area contributed by atoms with Gasteiger partial charge in [0.25, 0.3) is 0 Å². The van der Waals surface area contributed by atoms with Crippen molar-refractivity contribution in [3.8, 4) is 0 Å². The zero-order valence-electron chi connectivity index (χ0n) is 8.27. The second-order valence-corrected chi connectivity index (χ2v) is 3.38. The van der Waals surface area contributed by atoms with Crippen molar-refractivity contribution >= 4 is 23.3 Å². The molecule has 0 aliphatic carbocycles. The van der Waals surface area contributed by atoms with E-state index >= 15 is 0 Å². The lowest BCUT2D eigenvalue weighted by atomic mass is 10.1. The molecule has 1 heterocycles. The fraction of sp³-hybridized carbons (Fsp3) is 0.300. The summed E-state index contributed by atoms with van der Waals surface area (Å²) in [5.41, 5.74) is 8.08. The average molecular weight is 212 g/mol. The molecule has 2 N–H and O–H groups in total. The Bertz CT molecular complexity index is 434. The van der Waals surface area contributed by atoms with Gasteiger partial charge in [0.1, 0.15) is 0 Å². The van der Waals surface area contributed by atoms with Crippen LogP contribution < -0.4 is 5.73 Å². The molecule has 1 aromatic heterocycles. The normalized spacial score (nSPS) is 12.5. The minimum absolute atomic E-state index is 0. The lowest BCUT2D eigenvalue weighted by molar-refractivity contribution is 0.795. The predicted molar refractivity (Wildman–Crippen MR) is 60.6 cm³/mol. The highest BCUT2D eigenvalue weighted by molar-refractivity contribution is 5.85. The van der Waals surface area contributed by atoms with Crippen LogP contribution in [0.25, 0.3) is 10.9 Å². The Labute approximate surface area is 89.3 Å². The second-order valence-electron chi connectivity index (χ2n) is 3.38. The minimum atomic E-state index is 0. The van der Waals surface area contributed by atoms with Crippen LogP contribution in [0.4, 0.5) is 0 Å². The van der Waals surface area contributed by atoms with Gasteiger partial charge in [0, 0.05) is 18.5 Å². The molecule has 76 valence electrons. The Balaban J connectivity index is 0.000000980. The lowest BCUT2D eigenvalue weighted by Gasteiger charge is -2.04. The summed E-state index contributed by atoms with van der Waals surface area (Å²) in [5, 5.41) is 5.32. The highest BCUT2D eigenvalue weighted by Gasteiger charge is 2.02. The number of rotatable bonds is 1. The van der Waals surface area contributed by atoms with Crippen molar-refractivity contribution in [3.63, 3.8) is 0 Å². The fourth-order valence-corrected chi connectivity index (χ4v) is 1.47. The topological polar surface area (TPSA) is 43.8 Å². The summed E-state index contributed by atoms with van der Waals surface area (Å²) in [6.45, 7) is 1.98. The number of nitrogens with zero attached hydrogens (tertiary/aromatic N) is 2. The van der Waals surface area contributed by atoms with Gasteiger partial charge in [-0.05, 0) is 24.6 Å². The molecule has 0 amide bonds. The average Bonchev–Trinajstić information content (AvgIpc) is 2.47. The van der Waals surface area contributed by atoms with Gasteiger partial charge in [0.2, 0.25) is 0 Å². The molecule has 14 heavy (non-hydrogen) atoms. The maximum absolute atomic E-state index is 5.78. The van der Waals surface area contributed by atoms with Crippen LogP contribution in [0.3, 0.4) is 0 Å². The molecule has 0 bridgehead atoms. The van der Waals surface area contributed by atoms with Gasteiger partial charge in [0.05, 0.1) is 11.7 Å². The van der Waals surface area contributed by atoms with Gasteiger partial charge in [0.15, 0.2) is 0 Å². The highest BCUT2D eigenvalue weighted by atomic mass is 35.5. The monoisotopic (exact) mass is 211 g/mol. The third kappa shape index (κ3) is 1.74. The summed E-state index contributed by atoms with van der Waals surface area (Å²) < 4.78 is 1.86. The summed E-state index contributed by atoms with van der Waals surface area (Å²) >= 11 is 0. The van der Waals surface area contributed by atoms with Crippen molar-refractivity contribution < 1.29 is 0 Å². The van der Waals surface area contributed by atoms with E-state index in [0.29, 0.717) is 0 Å². The standard InChI is InChI=1S/C10H13N3.ClH/c1-7(11)8-3-4-10-9(5-8)6-12-13(10)2;/h3-7H,11H2,1-2H3;1H. The third-order valence-electron chi connectivity index (χ3n) is 2.30. The van der Waals surface area contributed by atoms with Crippen LogP contribution in [-0.2, 0) is 7.05 Å². The summed E-state index contributed by atoms with van der Waals surface area (Å²) in [6.07, 6.45) is 1.86. The van der Waals surface area contributed by atoms with Crippen LogP contribution in [0.15, 0.2) is 24.4 Å². The molecule has 0 spiro atoms. The molecule has 0 saturated carbocycles. The van der Waals surface area contributed by atoms with Gasteiger partial charge in [-0.25, -0.2) is 0 Å². The molecule has 2 rings (SSSR count). The van der Waals surface area contributed by atoms with Gasteiger partial charge in [-0.3, -0.25) is 4.68 Å². The number of hydrogen-bond donors (Lipinski definition) is 1. The first-order chi connectivity index (χ1) is 6.18. The van der Waals surface area contributed by atoms with Crippen LogP contribution in [0.2, 0.25) is 0 Å². The van der Waals surface area contributed by atoms with Crippen molar-refractivity contribution in [1.82, 2.24) is 9.78 Å². The van der Waals surface area contributed by atoms with Crippen LogP contribution in [0.1, 0.15) is 18.5 Å². The number of aryl methyl sites for hydroxylation is 1. The minimum Gasteiger partial charge on any atom is -0.324 e. The molecule has 1 aromatic carbocycles. The number of hydrogen-bond acceptors (Lipinski definition) is 2. The molecule has 0 aliphatic heterocycles. The molecular formula is C10H14ClN3. The van der Waals surface area contributed by atoms with Crippen molar-refractivity contribution in [3.05, 3.63) is 30.0 Å². The van der Waals surface area contributed by atoms with Gasteiger partial charge < -0.3 is 5.73 Å². The van der Waals surface area contributed by atoms with Gasteiger partial charge in [-0.2, -0.15) is 5.10 Å². The van der Waals surface area contributed by atoms with Crippen LogP contribution in [0, 0.1) is 0 Å². The number of benzene rings is 1. The molecule has 1 atom stereocenters. The van der Waals surface area contributed by atoms with E-state index in [1.54, 1.807) is 0 Å². The Morgan fingerprint density at radius 2 is 2.14 bits per heavy atom. The van der Waals surface area contributed by atoms with Crippen molar-refractivity contribution in [2.75, 3.05) is 0 Å². The number of fused-ring (bicyclic) bond motifs is 1. The first-order valence-electron chi connectivity index (χ1n) is 4.36. The first kappa shape index (κ1) is 11.0. The van der Waals surface area contributed by atoms with Crippen LogP contribution in [-0.4, -0.2) is 9.78 Å². The maximum Gasteiger partial charge on any atom is 0.0679 e. The molecule has 1 unspecified atom stereocenters. The largest absolute Gasteiger partial charge is 0.324 e. The predicted octanol–water partition coefficient (Wildman–Crippen LogP) is 2.01. The van der Waals surface area contributed by atoms with Crippen molar-refractivity contribution in [1.29, 1.82) is 0 Å². The molecular weight excluding hydrogens is 198 g/mol. The smallest absolute Gasteiger partial charge is 0.0679 e. The third-order valence-corrected chi connectivity index (χ3v) is 2.30. The Kier molecular flexibility index (Phi) is 3.13. The molecule has 2 aromatic rings. The number of halogens is 1. The first-order valence-corrected chi connectivity index (χ1v) is 4.36. The van der Waals surface area contributed by atoms with Crippen molar-refractivity contribution in [2.45, 2.75) is 13.0 Å². The summed E-state index contributed by atoms with van der Waals surface area (Å²) in [7, 11) is 1.94. The van der Waals surface area contributed by atoms with Crippen LogP contribution >= 0.6 is 12.4 Å². The highest BCUT2D eigenvalue weighted by Crippen LogP contribution is 2.18. The number of nitrogens with two attached hydrogens (primary N) is 1. The van der Waals surface area contributed by atoms with Gasteiger partial charge in [-0.1, -0.05) is 6.07 Å². The zero-order valence-corrected chi connectivity index (χ0v) is 9.08. The molecule has 0 saturated heterocycles. The summed E-state index contributed by atoms with van der Waals surface area (Å²) in [5.74, 6) is 0. The maximum atomic E-state index is 5.78. The Morgan fingerprint density at radius 1 is 1.43 bits per heavy atom. The Morgan fingerprint density at radius 3 is 2.79 bits per heavy atom. The van der Waals surface area contributed by atoms with E-state index in [-0.39, 0.29) is 18.4 Å². The molecule has 0 aliphatic rings. The van der Waals surface area contributed by atoms with E-state index in [4.69, 9.17) is 5.73 Å². The molecule has 4 heteroatoms. The van der Waals surface area contributed by atoms with E-state index in [9.17, 15) is 0 Å². The summed E-state index contributed by atoms with van der Waals surface area (Å²) in [4.78, 5) is 0.